The van der Waals surface area contributed by atoms with Gasteiger partial charge in [-0.2, -0.15) is 0 Å². The van der Waals surface area contributed by atoms with E-state index in [2.05, 4.69) is 31.3 Å². The van der Waals surface area contributed by atoms with Gasteiger partial charge in [0.25, 0.3) is 0 Å². The fourth-order valence-electron chi connectivity index (χ4n) is 3.45. The van der Waals surface area contributed by atoms with Gasteiger partial charge in [-0.15, -0.1) is 0 Å². The molecule has 118 valence electrons. The van der Waals surface area contributed by atoms with E-state index in [0.29, 0.717) is 11.7 Å². The zero-order chi connectivity index (χ0) is 15.5. The van der Waals surface area contributed by atoms with Crippen molar-refractivity contribution in [3.8, 4) is 0 Å². The lowest BCUT2D eigenvalue weighted by Crippen LogP contribution is -2.41. The van der Waals surface area contributed by atoms with Crippen LogP contribution in [0.1, 0.15) is 62.6 Å². The van der Waals surface area contributed by atoms with Gasteiger partial charge in [0.15, 0.2) is 9.84 Å². The summed E-state index contributed by atoms with van der Waals surface area (Å²) < 4.78 is 25.5. The summed E-state index contributed by atoms with van der Waals surface area (Å²) >= 11 is 0. The van der Waals surface area contributed by atoms with Gasteiger partial charge in [-0.1, -0.05) is 51.0 Å². The zero-order valence-electron chi connectivity index (χ0n) is 13.3. The maximum absolute atomic E-state index is 12.7. The van der Waals surface area contributed by atoms with E-state index in [4.69, 9.17) is 0 Å². The molecule has 21 heavy (non-hydrogen) atoms. The minimum absolute atomic E-state index is 0.0796. The van der Waals surface area contributed by atoms with Crippen molar-refractivity contribution < 1.29 is 8.42 Å². The van der Waals surface area contributed by atoms with E-state index in [1.807, 2.05) is 19.2 Å². The van der Waals surface area contributed by atoms with Crippen LogP contribution < -0.4 is 5.32 Å². The third kappa shape index (κ3) is 3.49. The van der Waals surface area contributed by atoms with Crippen LogP contribution in [0.5, 0.6) is 0 Å². The lowest BCUT2D eigenvalue weighted by atomic mass is 9.81. The lowest BCUT2D eigenvalue weighted by Gasteiger charge is -2.36. The fourth-order valence-corrected chi connectivity index (χ4v) is 5.64. The molecule has 1 aliphatic carbocycles. The molecule has 0 saturated carbocycles. The lowest BCUT2D eigenvalue weighted by molar-refractivity contribution is 0.445. The zero-order valence-corrected chi connectivity index (χ0v) is 14.1. The molecule has 4 heteroatoms. The molecule has 1 aliphatic rings. The monoisotopic (exact) mass is 309 g/mol. The molecule has 3 atom stereocenters. The van der Waals surface area contributed by atoms with E-state index < -0.39 is 9.84 Å². The first-order valence-electron chi connectivity index (χ1n) is 7.99. The second-order valence-electron chi connectivity index (χ2n) is 6.14. The van der Waals surface area contributed by atoms with Crippen LogP contribution in [0.2, 0.25) is 0 Å². The van der Waals surface area contributed by atoms with Gasteiger partial charge in [0, 0.05) is 6.04 Å². The first-order valence-corrected chi connectivity index (χ1v) is 9.70. The van der Waals surface area contributed by atoms with Crippen molar-refractivity contribution in [2.75, 3.05) is 12.8 Å². The van der Waals surface area contributed by atoms with Crippen molar-refractivity contribution in [2.24, 2.45) is 0 Å². The highest BCUT2D eigenvalue weighted by atomic mass is 32.2. The molecule has 0 fully saturated rings. The number of nitrogens with one attached hydrogen (secondary N) is 1. The first kappa shape index (κ1) is 16.5. The van der Waals surface area contributed by atoms with Gasteiger partial charge in [0.1, 0.15) is 0 Å². The fraction of sp³-hybridized carbons (Fsp3) is 0.647. The minimum Gasteiger partial charge on any atom is -0.312 e. The minimum atomic E-state index is -3.05. The van der Waals surface area contributed by atoms with Crippen molar-refractivity contribution in [1.29, 1.82) is 0 Å². The summed E-state index contributed by atoms with van der Waals surface area (Å²) in [5.41, 5.74) is 2.44. The van der Waals surface area contributed by atoms with Crippen LogP contribution in [0.25, 0.3) is 0 Å². The van der Waals surface area contributed by atoms with E-state index in [1.165, 1.54) is 5.56 Å². The predicted molar refractivity (Wildman–Crippen MR) is 88.4 cm³/mol. The number of hydrogen-bond donors (Lipinski definition) is 1. The Bertz CT molecular complexity index is 568. The smallest absolute Gasteiger partial charge is 0.155 e. The molecule has 0 heterocycles. The second kappa shape index (κ2) is 6.93. The number of fused-ring (bicyclic) bond motifs is 1. The van der Waals surface area contributed by atoms with Crippen LogP contribution >= 0.6 is 0 Å². The average molecular weight is 309 g/mol. The molecule has 1 N–H and O–H groups in total. The molecule has 1 aromatic carbocycles. The predicted octanol–water partition coefficient (Wildman–Crippen LogP) is 3.43. The molecule has 0 spiro atoms. The molecule has 3 unspecified atom stereocenters. The van der Waals surface area contributed by atoms with Crippen LogP contribution in [0.4, 0.5) is 0 Å². The van der Waals surface area contributed by atoms with Crippen LogP contribution in [0.3, 0.4) is 0 Å². The Kier molecular flexibility index (Phi) is 5.44. The van der Waals surface area contributed by atoms with Gasteiger partial charge in [-0.25, -0.2) is 8.42 Å². The SMILES string of the molecule is CCCCCS(=O)(=O)C1CC(C)c2ccccc2C1NC. The molecular formula is C17H27NO2S. The molecule has 3 nitrogen and oxygen atoms in total. The van der Waals surface area contributed by atoms with E-state index >= 15 is 0 Å². The summed E-state index contributed by atoms with van der Waals surface area (Å²) in [6.45, 7) is 4.24. The van der Waals surface area contributed by atoms with Gasteiger partial charge < -0.3 is 5.32 Å². The summed E-state index contributed by atoms with van der Waals surface area (Å²) in [6, 6.07) is 8.16. The third-order valence-electron chi connectivity index (χ3n) is 4.62. The molecule has 0 radical (unpaired) electrons. The highest BCUT2D eigenvalue weighted by Gasteiger charge is 2.39. The Morgan fingerprint density at radius 2 is 1.86 bits per heavy atom. The summed E-state index contributed by atoms with van der Waals surface area (Å²) in [6.07, 6.45) is 3.54. The van der Waals surface area contributed by atoms with E-state index in [-0.39, 0.29) is 11.3 Å². The number of rotatable bonds is 6. The highest BCUT2D eigenvalue weighted by molar-refractivity contribution is 7.92. The van der Waals surface area contributed by atoms with Crippen LogP contribution in [0.15, 0.2) is 24.3 Å². The Labute approximate surface area is 129 Å². The molecule has 0 amide bonds. The van der Waals surface area contributed by atoms with Crippen molar-refractivity contribution in [3.63, 3.8) is 0 Å². The molecule has 0 saturated heterocycles. The number of benzene rings is 1. The first-order chi connectivity index (χ1) is 10.0. The van der Waals surface area contributed by atoms with Crippen molar-refractivity contribution >= 4 is 9.84 Å². The Balaban J connectivity index is 2.29. The molecule has 1 aromatic rings. The Hall–Kier alpha value is -0.870. The van der Waals surface area contributed by atoms with Gasteiger partial charge in [0.05, 0.1) is 11.0 Å². The van der Waals surface area contributed by atoms with Crippen molar-refractivity contribution in [2.45, 2.75) is 56.7 Å². The second-order valence-corrected chi connectivity index (χ2v) is 8.48. The highest BCUT2D eigenvalue weighted by Crippen LogP contribution is 2.40. The van der Waals surface area contributed by atoms with E-state index in [9.17, 15) is 8.42 Å². The van der Waals surface area contributed by atoms with Crippen LogP contribution in [-0.2, 0) is 9.84 Å². The van der Waals surface area contributed by atoms with Crippen LogP contribution in [0, 0.1) is 0 Å². The summed E-state index contributed by atoms with van der Waals surface area (Å²) in [5.74, 6) is 0.621. The molecular weight excluding hydrogens is 282 g/mol. The number of sulfone groups is 1. The molecule has 0 aromatic heterocycles. The summed E-state index contributed by atoms with van der Waals surface area (Å²) in [4.78, 5) is 0. The van der Waals surface area contributed by atoms with Crippen LogP contribution in [-0.4, -0.2) is 26.5 Å². The maximum Gasteiger partial charge on any atom is 0.155 e. The van der Waals surface area contributed by atoms with E-state index in [0.717, 1.165) is 31.2 Å². The topological polar surface area (TPSA) is 46.2 Å². The molecule has 0 aliphatic heterocycles. The van der Waals surface area contributed by atoms with Gasteiger partial charge in [-0.05, 0) is 36.9 Å². The standard InChI is InChI=1S/C17H27NO2S/c1-4-5-8-11-21(19,20)16-12-13(2)14-9-6-7-10-15(14)17(16)18-3/h6-7,9-10,13,16-18H,4-5,8,11-12H2,1-3H3. The van der Waals surface area contributed by atoms with Crippen molar-refractivity contribution in [3.05, 3.63) is 35.4 Å². The van der Waals surface area contributed by atoms with Gasteiger partial charge in [0.2, 0.25) is 0 Å². The van der Waals surface area contributed by atoms with E-state index in [1.54, 1.807) is 0 Å². The van der Waals surface area contributed by atoms with Crippen molar-refractivity contribution in [1.82, 2.24) is 5.32 Å². The quantitative estimate of drug-likeness (QED) is 0.819. The largest absolute Gasteiger partial charge is 0.312 e. The Morgan fingerprint density at radius 1 is 1.19 bits per heavy atom. The summed E-state index contributed by atoms with van der Waals surface area (Å²) in [5, 5.41) is 2.95. The molecule has 0 bridgehead atoms. The third-order valence-corrected chi connectivity index (χ3v) is 6.87. The molecule has 2 rings (SSSR count). The number of unbranched alkanes of at least 4 members (excludes halogenated alkanes) is 2. The normalized spacial score (nSPS) is 25.6. The van der Waals surface area contributed by atoms with Gasteiger partial charge in [-0.3, -0.25) is 0 Å². The Morgan fingerprint density at radius 3 is 2.48 bits per heavy atom. The average Bonchev–Trinajstić information content (AvgIpc) is 2.47. The number of hydrogen-bond acceptors (Lipinski definition) is 3. The maximum atomic E-state index is 12.7. The van der Waals surface area contributed by atoms with Gasteiger partial charge >= 0.3 is 0 Å². The summed E-state index contributed by atoms with van der Waals surface area (Å²) in [7, 11) is -1.19.